The van der Waals surface area contributed by atoms with Crippen molar-refractivity contribution >= 4 is 77.3 Å². The lowest BCUT2D eigenvalue weighted by Crippen LogP contribution is -2.10. The molecule has 20 heteroatoms. The Bertz CT molecular complexity index is 2320. The van der Waals surface area contributed by atoms with Gasteiger partial charge < -0.3 is 25.6 Å². The van der Waals surface area contributed by atoms with Crippen LogP contribution in [0, 0.1) is 0 Å². The number of aromatic carboxylic acids is 1. The van der Waals surface area contributed by atoms with Crippen molar-refractivity contribution in [3.8, 4) is 11.5 Å². The van der Waals surface area contributed by atoms with E-state index in [1.807, 2.05) is 0 Å². The number of methoxy groups -OCH3 is 1. The number of rotatable bonds is 11. The van der Waals surface area contributed by atoms with Gasteiger partial charge in [-0.3, -0.25) is 9.11 Å². The first-order chi connectivity index (χ1) is 22.6. The molecule has 48 heavy (non-hydrogen) atoms. The summed E-state index contributed by atoms with van der Waals surface area (Å²) in [5.41, 5.74) is -0.0738. The third kappa shape index (κ3) is 7.73. The molecule has 17 nitrogen and oxygen atoms in total. The topological polar surface area (TPSA) is 263 Å². The van der Waals surface area contributed by atoms with Crippen LogP contribution in [-0.2, 0) is 26.8 Å². The zero-order valence-electron chi connectivity index (χ0n) is 24.2. The maximum Gasteiger partial charge on any atom is 0.335 e. The molecule has 0 aliphatic carbocycles. The molecule has 0 aliphatic rings. The Labute approximate surface area is 276 Å². The van der Waals surface area contributed by atoms with Crippen molar-refractivity contribution in [1.82, 2.24) is 15.0 Å². The molecule has 0 fully saturated rings. The normalized spacial score (nSPS) is 11.9. The average molecular weight is 716 g/mol. The number of phenolic OH excluding ortho intramolecular Hbond substituents is 1. The van der Waals surface area contributed by atoms with E-state index in [0.29, 0.717) is 5.69 Å². The van der Waals surface area contributed by atoms with Crippen molar-refractivity contribution in [3.05, 3.63) is 83.4 Å². The molecule has 1 heterocycles. The number of hydrogen-bond acceptors (Lipinski definition) is 14. The minimum Gasteiger partial charge on any atom is -0.505 e. The van der Waals surface area contributed by atoms with Crippen LogP contribution in [0.1, 0.15) is 16.2 Å². The number of nitrogens with zero attached hydrogens (tertiary/aromatic N) is 5. The Morgan fingerprint density at radius 2 is 1.60 bits per heavy atom. The van der Waals surface area contributed by atoms with Crippen LogP contribution in [-0.4, -0.2) is 64.2 Å². The number of ether oxygens (including phenoxy) is 1. The van der Waals surface area contributed by atoms with Crippen molar-refractivity contribution < 1.29 is 45.7 Å². The molecule has 0 spiro atoms. The van der Waals surface area contributed by atoms with E-state index in [1.54, 1.807) is 6.07 Å². The van der Waals surface area contributed by atoms with Gasteiger partial charge in [0, 0.05) is 17.1 Å². The molecular weight excluding hydrogens is 694 g/mol. The van der Waals surface area contributed by atoms with Gasteiger partial charge in [0.15, 0.2) is 11.6 Å². The van der Waals surface area contributed by atoms with Gasteiger partial charge in [-0.1, -0.05) is 0 Å². The van der Waals surface area contributed by atoms with Crippen molar-refractivity contribution in [2.75, 3.05) is 17.7 Å². The lowest BCUT2D eigenvalue weighted by molar-refractivity contribution is 0.0696. The molecule has 0 saturated carbocycles. The van der Waals surface area contributed by atoms with Crippen LogP contribution in [0.25, 0.3) is 10.8 Å². The number of azo groups is 1. The van der Waals surface area contributed by atoms with Crippen LogP contribution in [0.4, 0.5) is 28.7 Å². The number of phenols is 1. The van der Waals surface area contributed by atoms with Gasteiger partial charge in [0.2, 0.25) is 11.2 Å². The van der Waals surface area contributed by atoms with Crippen LogP contribution in [0.2, 0.25) is 5.28 Å². The lowest BCUT2D eigenvalue weighted by Gasteiger charge is -2.13. The maximum absolute atomic E-state index is 12.2. The summed E-state index contributed by atoms with van der Waals surface area (Å²) in [6.45, 7) is -0.0691. The molecule has 0 unspecified atom stereocenters. The number of hydrogen-bond donors (Lipinski definition) is 6. The Kier molecular flexibility index (Phi) is 9.41. The summed E-state index contributed by atoms with van der Waals surface area (Å²) >= 11 is 6.06. The van der Waals surface area contributed by atoms with Gasteiger partial charge in [-0.2, -0.15) is 31.9 Å². The van der Waals surface area contributed by atoms with Crippen LogP contribution < -0.4 is 15.4 Å². The van der Waals surface area contributed by atoms with E-state index >= 15 is 0 Å². The minimum atomic E-state index is -4.91. The zero-order valence-corrected chi connectivity index (χ0v) is 26.6. The summed E-state index contributed by atoms with van der Waals surface area (Å²) in [5, 5.41) is 33.4. The molecule has 4 aromatic carbocycles. The number of carbonyl (C=O) groups is 1. The molecule has 0 bridgehead atoms. The monoisotopic (exact) mass is 715 g/mol. The molecule has 0 atom stereocenters. The average Bonchev–Trinajstić information content (AvgIpc) is 3.02. The number of nitrogens with one attached hydrogen (secondary N) is 2. The number of aromatic nitrogens is 3. The number of fused-ring (bicyclic) bond motifs is 1. The molecular formula is C28H22ClN7O10S2. The number of anilines is 3. The summed E-state index contributed by atoms with van der Waals surface area (Å²) in [6, 6.07) is 14.6. The van der Waals surface area contributed by atoms with Crippen LogP contribution in [0.15, 0.2) is 86.7 Å². The number of halogens is 1. The number of carboxylic acid groups (broad SMARTS) is 1. The number of benzene rings is 4. The first-order valence-corrected chi connectivity index (χ1v) is 16.5. The largest absolute Gasteiger partial charge is 0.505 e. The minimum absolute atomic E-state index is 0.0101. The van der Waals surface area contributed by atoms with Crippen LogP contribution in [0.3, 0.4) is 0 Å². The predicted octanol–water partition coefficient (Wildman–Crippen LogP) is 5.36. The van der Waals surface area contributed by atoms with Gasteiger partial charge >= 0.3 is 5.97 Å². The van der Waals surface area contributed by atoms with Crippen LogP contribution in [0.5, 0.6) is 11.5 Å². The van der Waals surface area contributed by atoms with Gasteiger partial charge in [0.1, 0.15) is 21.2 Å². The quantitative estimate of drug-likeness (QED) is 0.0743. The van der Waals surface area contributed by atoms with Gasteiger partial charge in [-0.15, -0.1) is 5.11 Å². The Balaban J connectivity index is 1.41. The molecule has 6 N–H and O–H groups in total. The summed E-state index contributed by atoms with van der Waals surface area (Å²) in [4.78, 5) is 22.0. The predicted molar refractivity (Wildman–Crippen MR) is 171 cm³/mol. The maximum atomic E-state index is 12.2. The van der Waals surface area contributed by atoms with E-state index in [4.69, 9.17) is 21.4 Å². The second kappa shape index (κ2) is 13.3. The smallest absolute Gasteiger partial charge is 0.335 e. The lowest BCUT2D eigenvalue weighted by atomic mass is 10.1. The first kappa shape index (κ1) is 33.9. The summed E-state index contributed by atoms with van der Waals surface area (Å²) < 4.78 is 72.9. The molecule has 0 amide bonds. The fraction of sp³-hybridized carbons (Fsp3) is 0.0714. The second-order valence-corrected chi connectivity index (χ2v) is 12.8. The molecule has 0 aliphatic heterocycles. The SMILES string of the molecule is COc1ccc(Nc2nc(Cl)nc(CNc3ccc4c(O)c(N=Nc5ccc(C(=O)O)cc5)c(S(=O)(=O)O)cc4c3)n2)c(S(=O)(=O)O)c1. The van der Waals surface area contributed by atoms with Crippen molar-refractivity contribution in [1.29, 1.82) is 0 Å². The molecule has 1 aromatic heterocycles. The third-order valence-corrected chi connectivity index (χ3v) is 8.46. The molecule has 0 radical (unpaired) electrons. The second-order valence-electron chi connectivity index (χ2n) is 9.69. The van der Waals surface area contributed by atoms with Crippen molar-refractivity contribution in [2.45, 2.75) is 16.3 Å². The molecule has 5 rings (SSSR count). The van der Waals surface area contributed by atoms with E-state index in [2.05, 4.69) is 35.8 Å². The number of aromatic hydroxyl groups is 1. The highest BCUT2D eigenvalue weighted by atomic mass is 35.5. The van der Waals surface area contributed by atoms with E-state index in [1.165, 1.54) is 55.6 Å². The first-order valence-electron chi connectivity index (χ1n) is 13.2. The Hall–Kier alpha value is -5.47. The number of carboxylic acids is 1. The van der Waals surface area contributed by atoms with Crippen molar-refractivity contribution in [2.24, 2.45) is 10.2 Å². The fourth-order valence-electron chi connectivity index (χ4n) is 4.31. The highest BCUT2D eigenvalue weighted by Gasteiger charge is 2.23. The van der Waals surface area contributed by atoms with E-state index in [9.17, 15) is 35.8 Å². The van der Waals surface area contributed by atoms with Crippen LogP contribution >= 0.6 is 11.6 Å². The van der Waals surface area contributed by atoms with Gasteiger partial charge in [-0.05, 0) is 77.7 Å². The van der Waals surface area contributed by atoms with E-state index in [0.717, 1.165) is 12.1 Å². The Morgan fingerprint density at radius 1 is 0.896 bits per heavy atom. The van der Waals surface area contributed by atoms with Gasteiger partial charge in [0.05, 0.1) is 30.6 Å². The molecule has 248 valence electrons. The summed E-state index contributed by atoms with van der Waals surface area (Å²) in [5.74, 6) is -1.64. The van der Waals surface area contributed by atoms with Crippen molar-refractivity contribution in [3.63, 3.8) is 0 Å². The zero-order chi connectivity index (χ0) is 34.8. The summed E-state index contributed by atoms with van der Waals surface area (Å²) in [7, 11) is -8.25. The van der Waals surface area contributed by atoms with E-state index < -0.39 is 47.4 Å². The highest BCUT2D eigenvalue weighted by Crippen LogP contribution is 2.42. The Morgan fingerprint density at radius 3 is 2.25 bits per heavy atom. The highest BCUT2D eigenvalue weighted by molar-refractivity contribution is 7.86. The molecule has 0 saturated heterocycles. The summed E-state index contributed by atoms with van der Waals surface area (Å²) in [6.07, 6.45) is 0. The third-order valence-electron chi connectivity index (χ3n) is 6.53. The standard InChI is InChI=1S/C28H22ClN7O10S2/c1-46-18-7-9-20(21(12-18)47(40,41)42)31-28-33-23(32-27(29)34-28)13-30-17-6-8-19-15(10-17)11-22(48(43,44)45)24(25(19)37)36-35-16-4-2-14(3-5-16)26(38)39/h2-12,30,37H,13H2,1H3,(H,38,39)(H,40,41,42)(H,43,44,45)(H,31,32,33,34). The van der Waals surface area contributed by atoms with E-state index in [-0.39, 0.29) is 57.1 Å². The van der Waals surface area contributed by atoms with Gasteiger partial charge in [0.25, 0.3) is 20.2 Å². The fourth-order valence-corrected chi connectivity index (χ4v) is 5.80. The molecule has 5 aromatic rings. The van der Waals surface area contributed by atoms with Gasteiger partial charge in [-0.25, -0.2) is 9.78 Å².